The molecule has 1 aliphatic heterocycles. The SMILES string of the molecule is CCCn1cncc1CN1CC(O)(CCC)C1. The van der Waals surface area contributed by atoms with Crippen molar-refractivity contribution < 1.29 is 5.11 Å². The average Bonchev–Trinajstić information content (AvgIpc) is 2.65. The van der Waals surface area contributed by atoms with E-state index in [1.807, 2.05) is 12.5 Å². The molecule has 1 fully saturated rings. The van der Waals surface area contributed by atoms with Crippen molar-refractivity contribution in [1.29, 1.82) is 0 Å². The highest BCUT2D eigenvalue weighted by molar-refractivity contribution is 5.03. The third-order valence-corrected chi connectivity index (χ3v) is 3.40. The molecule has 4 heteroatoms. The van der Waals surface area contributed by atoms with Crippen molar-refractivity contribution >= 4 is 0 Å². The standard InChI is InChI=1S/C13H23N3O/c1-3-5-13(17)9-15(10-13)8-12-7-14-11-16(12)6-4-2/h7,11,17H,3-6,8-10H2,1-2H3. The minimum absolute atomic E-state index is 0.426. The number of aliphatic hydroxyl groups is 1. The van der Waals surface area contributed by atoms with Crippen LogP contribution in [0.3, 0.4) is 0 Å². The molecule has 4 nitrogen and oxygen atoms in total. The normalized spacial score (nSPS) is 19.2. The molecule has 2 rings (SSSR count). The minimum Gasteiger partial charge on any atom is -0.387 e. The second kappa shape index (κ2) is 5.19. The van der Waals surface area contributed by atoms with E-state index in [-0.39, 0.29) is 0 Å². The van der Waals surface area contributed by atoms with Gasteiger partial charge in [0.1, 0.15) is 0 Å². The third kappa shape index (κ3) is 2.87. The predicted molar refractivity (Wildman–Crippen MR) is 67.7 cm³/mol. The smallest absolute Gasteiger partial charge is 0.0948 e. The number of rotatable bonds is 6. The van der Waals surface area contributed by atoms with Crippen molar-refractivity contribution in [2.75, 3.05) is 13.1 Å². The summed E-state index contributed by atoms with van der Waals surface area (Å²) >= 11 is 0. The van der Waals surface area contributed by atoms with Gasteiger partial charge in [0.2, 0.25) is 0 Å². The fraction of sp³-hybridized carbons (Fsp3) is 0.769. The van der Waals surface area contributed by atoms with Gasteiger partial charge in [0.15, 0.2) is 0 Å². The summed E-state index contributed by atoms with van der Waals surface area (Å²) in [6.07, 6.45) is 6.93. The van der Waals surface area contributed by atoms with Gasteiger partial charge in [-0.2, -0.15) is 0 Å². The van der Waals surface area contributed by atoms with Crippen molar-refractivity contribution in [2.45, 2.75) is 51.8 Å². The topological polar surface area (TPSA) is 41.3 Å². The number of imidazole rings is 1. The van der Waals surface area contributed by atoms with Gasteiger partial charge < -0.3 is 9.67 Å². The number of nitrogens with zero attached hydrogens (tertiary/aromatic N) is 3. The van der Waals surface area contributed by atoms with E-state index in [1.165, 1.54) is 5.69 Å². The van der Waals surface area contributed by atoms with E-state index in [0.717, 1.165) is 45.4 Å². The largest absolute Gasteiger partial charge is 0.387 e. The van der Waals surface area contributed by atoms with Gasteiger partial charge in [0.05, 0.1) is 17.6 Å². The molecule has 2 heterocycles. The molecule has 1 saturated heterocycles. The highest BCUT2D eigenvalue weighted by Crippen LogP contribution is 2.27. The van der Waals surface area contributed by atoms with Crippen LogP contribution in [0.2, 0.25) is 0 Å². The highest BCUT2D eigenvalue weighted by Gasteiger charge is 2.40. The second-order valence-corrected chi connectivity index (χ2v) is 5.20. The lowest BCUT2D eigenvalue weighted by Crippen LogP contribution is -2.61. The van der Waals surface area contributed by atoms with Crippen LogP contribution in [0.25, 0.3) is 0 Å². The maximum atomic E-state index is 10.1. The van der Waals surface area contributed by atoms with Crippen molar-refractivity contribution in [3.63, 3.8) is 0 Å². The van der Waals surface area contributed by atoms with Gasteiger partial charge in [-0.25, -0.2) is 4.98 Å². The fourth-order valence-corrected chi connectivity index (χ4v) is 2.67. The van der Waals surface area contributed by atoms with Crippen LogP contribution in [0.4, 0.5) is 0 Å². The van der Waals surface area contributed by atoms with E-state index in [9.17, 15) is 5.11 Å². The Labute approximate surface area is 103 Å². The zero-order valence-electron chi connectivity index (χ0n) is 10.9. The number of aryl methyl sites for hydroxylation is 1. The van der Waals surface area contributed by atoms with E-state index in [0.29, 0.717) is 0 Å². The Morgan fingerprint density at radius 2 is 2.12 bits per heavy atom. The van der Waals surface area contributed by atoms with Gasteiger partial charge in [0.25, 0.3) is 0 Å². The summed E-state index contributed by atoms with van der Waals surface area (Å²) in [5.74, 6) is 0. The predicted octanol–water partition coefficient (Wildman–Crippen LogP) is 1.64. The third-order valence-electron chi connectivity index (χ3n) is 3.40. The number of likely N-dealkylation sites (tertiary alicyclic amines) is 1. The number of aromatic nitrogens is 2. The van der Waals surface area contributed by atoms with Gasteiger partial charge >= 0.3 is 0 Å². The zero-order valence-corrected chi connectivity index (χ0v) is 10.9. The molecule has 1 aromatic heterocycles. The van der Waals surface area contributed by atoms with E-state index in [1.54, 1.807) is 0 Å². The maximum Gasteiger partial charge on any atom is 0.0948 e. The van der Waals surface area contributed by atoms with Crippen LogP contribution in [0, 0.1) is 0 Å². The summed E-state index contributed by atoms with van der Waals surface area (Å²) in [4.78, 5) is 6.49. The summed E-state index contributed by atoms with van der Waals surface area (Å²) in [6.45, 7) is 7.84. The van der Waals surface area contributed by atoms with Gasteiger partial charge in [-0.15, -0.1) is 0 Å². The molecule has 1 N–H and O–H groups in total. The summed E-state index contributed by atoms with van der Waals surface area (Å²) in [6, 6.07) is 0. The first-order valence-corrected chi connectivity index (χ1v) is 6.60. The van der Waals surface area contributed by atoms with Gasteiger partial charge in [-0.3, -0.25) is 4.90 Å². The molecule has 0 unspecified atom stereocenters. The average molecular weight is 237 g/mol. The number of hydrogen-bond donors (Lipinski definition) is 1. The van der Waals surface area contributed by atoms with Crippen LogP contribution in [0.15, 0.2) is 12.5 Å². The Hall–Kier alpha value is -0.870. The van der Waals surface area contributed by atoms with Crippen molar-refractivity contribution in [3.8, 4) is 0 Å². The van der Waals surface area contributed by atoms with Gasteiger partial charge in [0, 0.05) is 32.4 Å². The molecule has 0 saturated carbocycles. The Bertz CT molecular complexity index is 355. The first-order chi connectivity index (χ1) is 8.17. The second-order valence-electron chi connectivity index (χ2n) is 5.20. The molecule has 0 radical (unpaired) electrons. The Morgan fingerprint density at radius 3 is 2.76 bits per heavy atom. The molecule has 0 aromatic carbocycles. The Balaban J connectivity index is 1.85. The molecule has 0 aliphatic carbocycles. The molecule has 1 aromatic rings. The first-order valence-electron chi connectivity index (χ1n) is 6.60. The highest BCUT2D eigenvalue weighted by atomic mass is 16.3. The monoisotopic (exact) mass is 237 g/mol. The molecule has 0 spiro atoms. The fourth-order valence-electron chi connectivity index (χ4n) is 2.67. The van der Waals surface area contributed by atoms with Crippen molar-refractivity contribution in [3.05, 3.63) is 18.2 Å². The number of hydrogen-bond acceptors (Lipinski definition) is 3. The molecule has 0 atom stereocenters. The number of β-amino-alcohol motifs (C(OH)–C–C–N with tert-alkyl or cyclic N) is 1. The van der Waals surface area contributed by atoms with E-state index >= 15 is 0 Å². The molecule has 17 heavy (non-hydrogen) atoms. The molecule has 0 bridgehead atoms. The lowest BCUT2D eigenvalue weighted by molar-refractivity contribution is -0.107. The first kappa shape index (κ1) is 12.6. The van der Waals surface area contributed by atoms with E-state index < -0.39 is 5.60 Å². The van der Waals surface area contributed by atoms with E-state index in [4.69, 9.17) is 0 Å². The van der Waals surface area contributed by atoms with Gasteiger partial charge in [-0.05, 0) is 12.8 Å². The summed E-state index contributed by atoms with van der Waals surface area (Å²) < 4.78 is 2.21. The summed E-state index contributed by atoms with van der Waals surface area (Å²) in [7, 11) is 0. The van der Waals surface area contributed by atoms with Crippen LogP contribution < -0.4 is 0 Å². The molecular weight excluding hydrogens is 214 g/mol. The zero-order chi connectivity index (χ0) is 12.3. The molecule has 1 aliphatic rings. The van der Waals surface area contributed by atoms with E-state index in [2.05, 4.69) is 28.3 Å². The van der Waals surface area contributed by atoms with Gasteiger partial charge in [-0.1, -0.05) is 20.3 Å². The minimum atomic E-state index is -0.426. The maximum absolute atomic E-state index is 10.1. The lowest BCUT2D eigenvalue weighted by atomic mass is 9.89. The quantitative estimate of drug-likeness (QED) is 0.818. The van der Waals surface area contributed by atoms with Crippen LogP contribution in [-0.2, 0) is 13.1 Å². The van der Waals surface area contributed by atoms with Crippen LogP contribution >= 0.6 is 0 Å². The van der Waals surface area contributed by atoms with Crippen LogP contribution in [0.1, 0.15) is 38.8 Å². The lowest BCUT2D eigenvalue weighted by Gasteiger charge is -2.46. The van der Waals surface area contributed by atoms with Crippen LogP contribution in [-0.4, -0.2) is 38.2 Å². The molecule has 96 valence electrons. The Kier molecular flexibility index (Phi) is 3.84. The summed E-state index contributed by atoms with van der Waals surface area (Å²) in [5, 5.41) is 10.1. The summed E-state index contributed by atoms with van der Waals surface area (Å²) in [5.41, 5.74) is 0.829. The van der Waals surface area contributed by atoms with Crippen molar-refractivity contribution in [2.24, 2.45) is 0 Å². The Morgan fingerprint density at radius 1 is 1.35 bits per heavy atom. The molecular formula is C13H23N3O. The van der Waals surface area contributed by atoms with Crippen molar-refractivity contribution in [1.82, 2.24) is 14.5 Å². The van der Waals surface area contributed by atoms with Crippen LogP contribution in [0.5, 0.6) is 0 Å². The molecule has 0 amide bonds.